The topological polar surface area (TPSA) is 85.2 Å². The SMILES string of the molecule is CCc1cnc(N2CCC(Oc3ccc(-n4ccc5cc(CNC(=O)C(C)C)ccc54)nc3)CC2)nc1. The molecule has 4 heterocycles. The lowest BCUT2D eigenvalue weighted by Gasteiger charge is -2.32. The number of nitrogens with one attached hydrogen (secondary N) is 1. The number of nitrogens with zero attached hydrogens (tertiary/aromatic N) is 5. The molecule has 192 valence electrons. The number of benzene rings is 1. The first-order valence-corrected chi connectivity index (χ1v) is 13.1. The van der Waals surface area contributed by atoms with Gasteiger partial charge < -0.3 is 19.5 Å². The molecule has 0 unspecified atom stereocenters. The van der Waals surface area contributed by atoms with Crippen LogP contribution >= 0.6 is 0 Å². The highest BCUT2D eigenvalue weighted by atomic mass is 16.5. The highest BCUT2D eigenvalue weighted by Crippen LogP contribution is 2.24. The van der Waals surface area contributed by atoms with Crippen molar-refractivity contribution in [2.24, 2.45) is 5.92 Å². The summed E-state index contributed by atoms with van der Waals surface area (Å²) in [4.78, 5) is 27.8. The third-order valence-electron chi connectivity index (χ3n) is 6.84. The second-order valence-corrected chi connectivity index (χ2v) is 9.85. The van der Waals surface area contributed by atoms with E-state index >= 15 is 0 Å². The zero-order valence-corrected chi connectivity index (χ0v) is 21.7. The van der Waals surface area contributed by atoms with Gasteiger partial charge in [0.25, 0.3) is 0 Å². The summed E-state index contributed by atoms with van der Waals surface area (Å²) < 4.78 is 8.31. The molecule has 0 aliphatic carbocycles. The average Bonchev–Trinajstić information content (AvgIpc) is 3.36. The van der Waals surface area contributed by atoms with Crippen LogP contribution in [0.5, 0.6) is 5.75 Å². The molecule has 0 bridgehead atoms. The van der Waals surface area contributed by atoms with Crippen molar-refractivity contribution in [3.63, 3.8) is 0 Å². The molecule has 1 aliphatic heterocycles. The van der Waals surface area contributed by atoms with Crippen molar-refractivity contribution in [1.82, 2.24) is 24.8 Å². The second kappa shape index (κ2) is 11.0. The molecule has 1 amide bonds. The molecule has 8 heteroatoms. The van der Waals surface area contributed by atoms with Crippen LogP contribution in [0.1, 0.15) is 44.7 Å². The summed E-state index contributed by atoms with van der Waals surface area (Å²) in [6.45, 7) is 8.18. The molecule has 0 spiro atoms. The fourth-order valence-corrected chi connectivity index (χ4v) is 4.54. The van der Waals surface area contributed by atoms with Crippen LogP contribution in [-0.4, -0.2) is 44.6 Å². The third kappa shape index (κ3) is 5.74. The first-order chi connectivity index (χ1) is 18.0. The van der Waals surface area contributed by atoms with Crippen LogP contribution in [0.25, 0.3) is 16.7 Å². The summed E-state index contributed by atoms with van der Waals surface area (Å²) in [5, 5.41) is 4.08. The van der Waals surface area contributed by atoms with Gasteiger partial charge in [0, 0.05) is 62.4 Å². The zero-order chi connectivity index (χ0) is 25.8. The molecule has 0 saturated carbocycles. The minimum absolute atomic E-state index is 0.0197. The molecule has 3 aromatic heterocycles. The number of anilines is 1. The summed E-state index contributed by atoms with van der Waals surface area (Å²) >= 11 is 0. The predicted molar refractivity (Wildman–Crippen MR) is 145 cm³/mol. The van der Waals surface area contributed by atoms with E-state index in [1.165, 1.54) is 0 Å². The van der Waals surface area contributed by atoms with Crippen molar-refractivity contribution in [2.45, 2.75) is 52.7 Å². The molecule has 1 fully saturated rings. The first kappa shape index (κ1) is 24.7. The van der Waals surface area contributed by atoms with E-state index in [4.69, 9.17) is 4.74 Å². The number of rotatable bonds is 8. The largest absolute Gasteiger partial charge is 0.489 e. The van der Waals surface area contributed by atoms with Crippen LogP contribution in [0.3, 0.4) is 0 Å². The van der Waals surface area contributed by atoms with E-state index in [2.05, 4.69) is 54.9 Å². The highest BCUT2D eigenvalue weighted by Gasteiger charge is 2.22. The number of amides is 1. The molecule has 1 aliphatic rings. The summed E-state index contributed by atoms with van der Waals surface area (Å²) in [7, 11) is 0. The fourth-order valence-electron chi connectivity index (χ4n) is 4.54. The van der Waals surface area contributed by atoms with Crippen molar-refractivity contribution < 1.29 is 9.53 Å². The van der Waals surface area contributed by atoms with Crippen LogP contribution in [0.2, 0.25) is 0 Å². The van der Waals surface area contributed by atoms with Gasteiger partial charge in [0.2, 0.25) is 11.9 Å². The van der Waals surface area contributed by atoms with Crippen LogP contribution in [0, 0.1) is 5.92 Å². The molecule has 1 N–H and O–H groups in total. The van der Waals surface area contributed by atoms with Gasteiger partial charge >= 0.3 is 0 Å². The molecule has 5 rings (SSSR count). The molecule has 1 aromatic carbocycles. The van der Waals surface area contributed by atoms with Gasteiger partial charge in [-0.2, -0.15) is 0 Å². The zero-order valence-electron chi connectivity index (χ0n) is 21.7. The first-order valence-electron chi connectivity index (χ1n) is 13.1. The molecular weight excluding hydrogens is 464 g/mol. The highest BCUT2D eigenvalue weighted by molar-refractivity contribution is 5.83. The third-order valence-corrected chi connectivity index (χ3v) is 6.84. The maximum absolute atomic E-state index is 11.9. The van der Waals surface area contributed by atoms with E-state index < -0.39 is 0 Å². The second-order valence-electron chi connectivity index (χ2n) is 9.85. The molecule has 37 heavy (non-hydrogen) atoms. The quantitative estimate of drug-likeness (QED) is 0.379. The minimum Gasteiger partial charge on any atom is -0.489 e. The molecule has 0 atom stereocenters. The van der Waals surface area contributed by atoms with Crippen LogP contribution in [0.15, 0.2) is 61.2 Å². The standard InChI is InChI=1S/C29H34N6O2/c1-4-21-16-32-29(33-17-21)34-12-10-24(11-13-34)37-25-6-8-27(30-19-25)35-14-9-23-15-22(5-7-26(23)35)18-31-28(36)20(2)3/h5-9,14-17,19-20,24H,4,10-13,18H2,1-3H3,(H,31,36). The van der Waals surface area contributed by atoms with Gasteiger partial charge in [0.05, 0.1) is 11.7 Å². The van der Waals surface area contributed by atoms with Gasteiger partial charge in [-0.1, -0.05) is 26.8 Å². The van der Waals surface area contributed by atoms with Crippen molar-refractivity contribution in [3.05, 3.63) is 72.3 Å². The van der Waals surface area contributed by atoms with Crippen molar-refractivity contribution in [3.8, 4) is 11.6 Å². The molecular formula is C29H34N6O2. The Morgan fingerprint density at radius 2 is 1.81 bits per heavy atom. The number of aromatic nitrogens is 4. The van der Waals surface area contributed by atoms with Gasteiger partial charge in [-0.05, 0) is 47.9 Å². The Hall–Kier alpha value is -3.94. The lowest BCUT2D eigenvalue weighted by atomic mass is 10.1. The number of ether oxygens (including phenoxy) is 1. The van der Waals surface area contributed by atoms with Crippen molar-refractivity contribution in [1.29, 1.82) is 0 Å². The molecule has 8 nitrogen and oxygen atoms in total. The van der Waals surface area contributed by atoms with Gasteiger partial charge in [-0.25, -0.2) is 15.0 Å². The number of piperidine rings is 1. The van der Waals surface area contributed by atoms with Gasteiger partial charge in [-0.15, -0.1) is 0 Å². The Morgan fingerprint density at radius 3 is 2.49 bits per heavy atom. The van der Waals surface area contributed by atoms with Crippen LogP contribution in [-0.2, 0) is 17.8 Å². The Morgan fingerprint density at radius 1 is 1.03 bits per heavy atom. The van der Waals surface area contributed by atoms with Gasteiger partial charge in [0.15, 0.2) is 0 Å². The summed E-state index contributed by atoms with van der Waals surface area (Å²) in [6, 6.07) is 12.3. The van der Waals surface area contributed by atoms with Gasteiger partial charge in [0.1, 0.15) is 17.7 Å². The van der Waals surface area contributed by atoms with E-state index in [9.17, 15) is 4.79 Å². The predicted octanol–water partition coefficient (Wildman–Crippen LogP) is 4.70. The minimum atomic E-state index is -0.0197. The number of carbonyl (C=O) groups is 1. The van der Waals surface area contributed by atoms with E-state index in [1.807, 2.05) is 50.6 Å². The van der Waals surface area contributed by atoms with Crippen LogP contribution in [0.4, 0.5) is 5.95 Å². The number of aryl methyl sites for hydroxylation is 1. The van der Waals surface area contributed by atoms with Gasteiger partial charge in [-0.3, -0.25) is 4.79 Å². The summed E-state index contributed by atoms with van der Waals surface area (Å²) in [5.41, 5.74) is 3.30. The van der Waals surface area contributed by atoms with E-state index in [-0.39, 0.29) is 17.9 Å². The maximum atomic E-state index is 11.9. The van der Waals surface area contributed by atoms with Crippen molar-refractivity contribution in [2.75, 3.05) is 18.0 Å². The average molecular weight is 499 g/mol. The lowest BCUT2D eigenvalue weighted by Crippen LogP contribution is -2.39. The Kier molecular flexibility index (Phi) is 7.35. The summed E-state index contributed by atoms with van der Waals surface area (Å²) in [6.07, 6.45) is 10.6. The Labute approximate surface area is 217 Å². The van der Waals surface area contributed by atoms with Crippen molar-refractivity contribution >= 4 is 22.8 Å². The normalized spacial score (nSPS) is 14.3. The van der Waals surface area contributed by atoms with E-state index in [0.29, 0.717) is 6.54 Å². The molecule has 0 radical (unpaired) electrons. The van der Waals surface area contributed by atoms with E-state index in [1.54, 1.807) is 6.20 Å². The lowest BCUT2D eigenvalue weighted by molar-refractivity contribution is -0.124. The number of hydrogen-bond acceptors (Lipinski definition) is 6. The number of carbonyl (C=O) groups excluding carboxylic acids is 1. The monoisotopic (exact) mass is 498 g/mol. The number of pyridine rings is 1. The summed E-state index contributed by atoms with van der Waals surface area (Å²) in [5.74, 6) is 2.46. The Bertz CT molecular complexity index is 1340. The number of hydrogen-bond donors (Lipinski definition) is 1. The maximum Gasteiger partial charge on any atom is 0.225 e. The molecule has 4 aromatic rings. The van der Waals surface area contributed by atoms with E-state index in [0.717, 1.165) is 71.9 Å². The number of fused-ring (bicyclic) bond motifs is 1. The van der Waals surface area contributed by atoms with Crippen LogP contribution < -0.4 is 15.0 Å². The fraction of sp³-hybridized carbons (Fsp3) is 0.379. The molecule has 1 saturated heterocycles. The Balaban J connectivity index is 1.18. The smallest absolute Gasteiger partial charge is 0.225 e.